The molecule has 11 nitrogen and oxygen atoms in total. The van der Waals surface area contributed by atoms with E-state index in [1.54, 1.807) is 33.2 Å². The summed E-state index contributed by atoms with van der Waals surface area (Å²) in [5.41, 5.74) is 1.06. The molecule has 1 fully saturated rings. The molecular weight excluding hydrogens is 657 g/mol. The van der Waals surface area contributed by atoms with E-state index in [0.29, 0.717) is 45.6 Å². The Bertz CT molecular complexity index is 1520. The van der Waals surface area contributed by atoms with Gasteiger partial charge in [0.25, 0.3) is 0 Å². The highest BCUT2D eigenvalue weighted by atomic mass is 79.9. The van der Waals surface area contributed by atoms with Crippen molar-refractivity contribution in [1.82, 2.24) is 31.2 Å². The molecule has 44 heavy (non-hydrogen) atoms. The normalized spacial score (nSPS) is 16.0. The number of halogens is 3. The molecule has 0 spiro atoms. The lowest BCUT2D eigenvalue weighted by Gasteiger charge is -2.35. The van der Waals surface area contributed by atoms with Gasteiger partial charge in [0.1, 0.15) is 29.8 Å². The van der Waals surface area contributed by atoms with Gasteiger partial charge in [0, 0.05) is 15.9 Å². The zero-order valence-electron chi connectivity index (χ0n) is 25.2. The van der Waals surface area contributed by atoms with Gasteiger partial charge in [0.15, 0.2) is 0 Å². The number of benzene rings is 2. The zero-order chi connectivity index (χ0) is 31.3. The first-order valence-corrected chi connectivity index (χ1v) is 14.8. The molecule has 14 heteroatoms. The van der Waals surface area contributed by atoms with Crippen LogP contribution in [0.25, 0.3) is 10.9 Å². The number of amides is 3. The van der Waals surface area contributed by atoms with Crippen molar-refractivity contribution < 1.29 is 23.5 Å². The Kier molecular flexibility index (Phi) is 12.0. The van der Waals surface area contributed by atoms with Crippen LogP contribution in [0.15, 0.2) is 41.1 Å². The van der Waals surface area contributed by atoms with Crippen molar-refractivity contribution in [3.8, 4) is 5.75 Å². The molecule has 238 valence electrons. The van der Waals surface area contributed by atoms with Gasteiger partial charge >= 0.3 is 0 Å². The van der Waals surface area contributed by atoms with Gasteiger partial charge in [-0.05, 0) is 91.0 Å². The second-order valence-electron chi connectivity index (χ2n) is 11.3. The van der Waals surface area contributed by atoms with Gasteiger partial charge in [-0.15, -0.1) is 12.4 Å². The largest absolute Gasteiger partial charge is 0.496 e. The number of nitrogens with one attached hydrogen (secondary N) is 5. The quantitative estimate of drug-likeness (QED) is 0.203. The maximum Gasteiger partial charge on any atom is 0.249 e. The number of hydrogen-bond acceptors (Lipinski definition) is 9. The summed E-state index contributed by atoms with van der Waals surface area (Å²) in [6, 6.07) is 5.87. The number of anilines is 2. The fraction of sp³-hybridized carbons (Fsp3) is 0.433. The molecule has 3 atom stereocenters. The van der Waals surface area contributed by atoms with Gasteiger partial charge in [0.05, 0.1) is 30.4 Å². The fourth-order valence-corrected chi connectivity index (χ4v) is 5.52. The zero-order valence-corrected chi connectivity index (χ0v) is 27.6. The summed E-state index contributed by atoms with van der Waals surface area (Å²) in [6.07, 6.45) is 3.18. The molecule has 0 bridgehead atoms. The van der Waals surface area contributed by atoms with Crippen LogP contribution < -0.4 is 31.3 Å². The minimum absolute atomic E-state index is 0. The van der Waals surface area contributed by atoms with E-state index in [2.05, 4.69) is 52.5 Å². The average molecular weight is 695 g/mol. The Hall–Kier alpha value is -3.39. The van der Waals surface area contributed by atoms with Crippen LogP contribution in [0, 0.1) is 11.2 Å². The van der Waals surface area contributed by atoms with E-state index < -0.39 is 35.4 Å². The molecule has 3 aromatic rings. The molecule has 0 saturated carbocycles. The Morgan fingerprint density at radius 2 is 1.93 bits per heavy atom. The smallest absolute Gasteiger partial charge is 0.249 e. The van der Waals surface area contributed by atoms with Crippen LogP contribution in [0.2, 0.25) is 0 Å². The van der Waals surface area contributed by atoms with Gasteiger partial charge in [-0.2, -0.15) is 0 Å². The van der Waals surface area contributed by atoms with E-state index in [9.17, 15) is 18.8 Å². The summed E-state index contributed by atoms with van der Waals surface area (Å²) in [5.74, 6) is -0.741. The minimum Gasteiger partial charge on any atom is -0.496 e. The Morgan fingerprint density at radius 3 is 2.57 bits per heavy atom. The molecule has 3 amide bonds. The molecule has 1 aliphatic heterocycles. The first-order valence-electron chi connectivity index (χ1n) is 14.0. The lowest BCUT2D eigenvalue weighted by atomic mass is 9.77. The van der Waals surface area contributed by atoms with Gasteiger partial charge in [-0.1, -0.05) is 13.8 Å². The second kappa shape index (κ2) is 15.1. The second-order valence-corrected chi connectivity index (χ2v) is 12.1. The lowest BCUT2D eigenvalue weighted by molar-refractivity contribution is -0.137. The molecule has 0 unspecified atom stereocenters. The fourth-order valence-electron chi connectivity index (χ4n) is 5.07. The number of imide groups is 1. The van der Waals surface area contributed by atoms with Crippen molar-refractivity contribution in [2.24, 2.45) is 5.41 Å². The Morgan fingerprint density at radius 1 is 1.18 bits per heavy atom. The third-order valence-electron chi connectivity index (χ3n) is 7.65. The highest BCUT2D eigenvalue weighted by Gasteiger charge is 2.39. The number of carbonyl (C=O) groups excluding carboxylic acids is 3. The number of likely N-dealkylation sites (N-methyl/N-ethyl adjacent to an activating group) is 1. The number of aromatic nitrogens is 2. The molecule has 2 heterocycles. The molecule has 1 aliphatic rings. The number of ether oxygens (including phenoxy) is 1. The number of nitrogens with zero attached hydrogens (tertiary/aromatic N) is 2. The first-order chi connectivity index (χ1) is 20.4. The molecule has 0 radical (unpaired) electrons. The summed E-state index contributed by atoms with van der Waals surface area (Å²) in [4.78, 5) is 48.2. The summed E-state index contributed by atoms with van der Waals surface area (Å²) in [5, 5.41) is 15.2. The summed E-state index contributed by atoms with van der Waals surface area (Å²) >= 11 is 3.38. The van der Waals surface area contributed by atoms with Crippen molar-refractivity contribution in [3.63, 3.8) is 0 Å². The third-order valence-corrected chi connectivity index (χ3v) is 8.30. The first kappa shape index (κ1) is 35.1. The maximum atomic E-state index is 13.7. The average Bonchev–Trinajstić information content (AvgIpc) is 3.52. The van der Waals surface area contributed by atoms with E-state index in [1.165, 1.54) is 18.5 Å². The van der Waals surface area contributed by atoms with Crippen molar-refractivity contribution in [2.45, 2.75) is 58.2 Å². The van der Waals surface area contributed by atoms with Crippen LogP contribution >= 0.6 is 28.3 Å². The topological polar surface area (TPSA) is 146 Å². The standard InChI is InChI=1S/C30H37BrFN7O4.ClH/c1-16(33-4)27(40)38-25(29(42)39-28(41)22-7-6-10-34-22)30(2,3)14-17-11-19-23(13-24(17)43-5)35-15-36-26(19)37-21-9-8-18(32)12-20(21)31;/h8-9,11-13,15-16,22,25,33-34H,6-7,10,14H2,1-5H3,(H,38,40)(H,35,36,37)(H,39,41,42);1H/t16-,22-,25+;/m0./s1. The number of hydrogen-bond donors (Lipinski definition) is 5. The van der Waals surface area contributed by atoms with Crippen LogP contribution in [0.3, 0.4) is 0 Å². The van der Waals surface area contributed by atoms with Crippen LogP contribution in [0.4, 0.5) is 15.9 Å². The molecule has 1 aromatic heterocycles. The summed E-state index contributed by atoms with van der Waals surface area (Å²) in [6.45, 7) is 6.09. The highest BCUT2D eigenvalue weighted by Crippen LogP contribution is 2.36. The number of fused-ring (bicyclic) bond motifs is 1. The molecule has 4 rings (SSSR count). The predicted octanol–water partition coefficient (Wildman–Crippen LogP) is 3.76. The highest BCUT2D eigenvalue weighted by molar-refractivity contribution is 9.10. The monoisotopic (exact) mass is 693 g/mol. The molecule has 0 aliphatic carbocycles. The SMILES string of the molecule is CN[C@@H](C)C(=O)N[C@H](C(=O)NC(=O)[C@@H]1CCCN1)C(C)(C)Cc1cc2c(Nc3ccc(F)cc3Br)ncnc2cc1OC.Cl. The van der Waals surface area contributed by atoms with Gasteiger partial charge in [-0.3, -0.25) is 19.7 Å². The maximum absolute atomic E-state index is 13.7. The van der Waals surface area contributed by atoms with E-state index in [0.717, 1.165) is 12.0 Å². The van der Waals surface area contributed by atoms with Crippen molar-refractivity contribution >= 4 is 68.5 Å². The van der Waals surface area contributed by atoms with Crippen LogP contribution in [-0.2, 0) is 20.8 Å². The Balaban J connectivity index is 0.00000529. The molecule has 5 N–H and O–H groups in total. The number of methoxy groups -OCH3 is 1. The van der Waals surface area contributed by atoms with Crippen molar-refractivity contribution in [1.29, 1.82) is 0 Å². The van der Waals surface area contributed by atoms with E-state index in [1.807, 2.05) is 19.9 Å². The van der Waals surface area contributed by atoms with Crippen molar-refractivity contribution in [2.75, 3.05) is 26.0 Å². The summed E-state index contributed by atoms with van der Waals surface area (Å²) in [7, 11) is 3.19. The third kappa shape index (κ3) is 8.20. The van der Waals surface area contributed by atoms with Crippen LogP contribution in [0.1, 0.15) is 39.2 Å². The van der Waals surface area contributed by atoms with Gasteiger partial charge in [-0.25, -0.2) is 14.4 Å². The predicted molar refractivity (Wildman–Crippen MR) is 173 cm³/mol. The number of carbonyl (C=O) groups is 3. The molecular formula is C30H38BrClFN7O4. The van der Waals surface area contributed by atoms with Gasteiger partial charge in [0.2, 0.25) is 17.7 Å². The van der Waals surface area contributed by atoms with E-state index >= 15 is 0 Å². The van der Waals surface area contributed by atoms with Crippen LogP contribution in [0.5, 0.6) is 5.75 Å². The summed E-state index contributed by atoms with van der Waals surface area (Å²) < 4.78 is 19.9. The minimum atomic E-state index is -1.05. The van der Waals surface area contributed by atoms with E-state index in [4.69, 9.17) is 4.74 Å². The molecule has 2 aromatic carbocycles. The van der Waals surface area contributed by atoms with Crippen LogP contribution in [-0.4, -0.2) is 66.5 Å². The van der Waals surface area contributed by atoms with Gasteiger partial charge < -0.3 is 26.0 Å². The molecule has 1 saturated heterocycles. The van der Waals surface area contributed by atoms with Crippen molar-refractivity contribution in [3.05, 3.63) is 52.5 Å². The van der Waals surface area contributed by atoms with E-state index in [-0.39, 0.29) is 30.6 Å². The number of rotatable bonds is 11. The Labute approximate surface area is 270 Å². The lowest BCUT2D eigenvalue weighted by Crippen LogP contribution is -2.59.